The van der Waals surface area contributed by atoms with E-state index >= 15 is 0 Å². The zero-order chi connectivity index (χ0) is 15.2. The van der Waals surface area contributed by atoms with E-state index in [-0.39, 0.29) is 0 Å². The van der Waals surface area contributed by atoms with E-state index in [4.69, 9.17) is 24.5 Å². The lowest BCUT2D eigenvalue weighted by Crippen LogP contribution is -2.02. The van der Waals surface area contributed by atoms with Crippen LogP contribution in [-0.4, -0.2) is 25.0 Å². The van der Waals surface area contributed by atoms with Gasteiger partial charge in [-0.15, -0.1) is 0 Å². The summed E-state index contributed by atoms with van der Waals surface area (Å²) in [6, 6.07) is 5.31. The minimum Gasteiger partial charge on any atom is -0.490 e. The average Bonchev–Trinajstić information content (AvgIpc) is 2.89. The van der Waals surface area contributed by atoms with Gasteiger partial charge in [-0.05, 0) is 32.9 Å². The van der Waals surface area contributed by atoms with E-state index in [0.29, 0.717) is 48.6 Å². The molecule has 0 aliphatic heterocycles. The van der Waals surface area contributed by atoms with Crippen LogP contribution in [0.25, 0.3) is 11.3 Å². The topological polar surface area (TPSA) is 79.7 Å². The lowest BCUT2D eigenvalue weighted by Gasteiger charge is -2.16. The van der Waals surface area contributed by atoms with Crippen molar-refractivity contribution < 1.29 is 18.7 Å². The first-order chi connectivity index (χ1) is 10.2. The Balaban J connectivity index is 2.51. The largest absolute Gasteiger partial charge is 0.490 e. The molecular weight excluding hydrogens is 272 g/mol. The van der Waals surface area contributed by atoms with E-state index < -0.39 is 0 Å². The first-order valence-corrected chi connectivity index (χ1v) is 6.98. The molecule has 0 bridgehead atoms. The highest BCUT2D eigenvalue weighted by Crippen LogP contribution is 2.42. The van der Waals surface area contributed by atoms with Crippen LogP contribution >= 0.6 is 0 Å². The van der Waals surface area contributed by atoms with Gasteiger partial charge >= 0.3 is 0 Å². The summed E-state index contributed by atoms with van der Waals surface area (Å²) in [4.78, 5) is 0. The molecule has 0 fully saturated rings. The van der Waals surface area contributed by atoms with Gasteiger partial charge in [0.05, 0.1) is 19.8 Å². The average molecular weight is 292 g/mol. The Labute approximate surface area is 123 Å². The fourth-order valence-corrected chi connectivity index (χ4v) is 1.96. The number of hydrogen-bond donors (Lipinski definition) is 1. The van der Waals surface area contributed by atoms with Gasteiger partial charge in [0.1, 0.15) is 0 Å². The maximum atomic E-state index is 5.65. The Bertz CT molecular complexity index is 568. The molecule has 2 aromatic rings. The quantitative estimate of drug-likeness (QED) is 0.844. The van der Waals surface area contributed by atoms with Crippen LogP contribution in [0.3, 0.4) is 0 Å². The van der Waals surface area contributed by atoms with Crippen molar-refractivity contribution in [3.8, 4) is 28.6 Å². The summed E-state index contributed by atoms with van der Waals surface area (Å²) in [6.07, 6.45) is 0. The van der Waals surface area contributed by atoms with Gasteiger partial charge in [0.25, 0.3) is 0 Å². The van der Waals surface area contributed by atoms with Crippen molar-refractivity contribution in [2.75, 3.05) is 25.6 Å². The van der Waals surface area contributed by atoms with Crippen LogP contribution in [0.15, 0.2) is 22.7 Å². The molecular formula is C15H20N2O4. The Morgan fingerprint density at radius 3 is 1.95 bits per heavy atom. The minimum atomic E-state index is 0.329. The van der Waals surface area contributed by atoms with Crippen molar-refractivity contribution in [3.05, 3.63) is 18.2 Å². The molecule has 0 radical (unpaired) electrons. The number of anilines is 1. The summed E-state index contributed by atoms with van der Waals surface area (Å²) in [5, 5.41) is 3.69. The number of nitrogens with two attached hydrogens (primary N) is 1. The number of rotatable bonds is 7. The van der Waals surface area contributed by atoms with E-state index in [1.807, 2.05) is 32.9 Å². The van der Waals surface area contributed by atoms with E-state index in [1.165, 1.54) is 0 Å². The number of aromatic nitrogens is 1. The molecule has 2 rings (SSSR count). The highest BCUT2D eigenvalue weighted by Gasteiger charge is 2.17. The molecule has 0 aliphatic rings. The maximum absolute atomic E-state index is 5.65. The summed E-state index contributed by atoms with van der Waals surface area (Å²) in [7, 11) is 0. The summed E-state index contributed by atoms with van der Waals surface area (Å²) in [6.45, 7) is 7.30. The second kappa shape index (κ2) is 6.88. The zero-order valence-electron chi connectivity index (χ0n) is 12.5. The smallest absolute Gasteiger partial charge is 0.203 e. The Morgan fingerprint density at radius 2 is 1.52 bits per heavy atom. The van der Waals surface area contributed by atoms with E-state index in [9.17, 15) is 0 Å². The number of ether oxygens (including phenoxy) is 3. The van der Waals surface area contributed by atoms with Crippen molar-refractivity contribution in [2.24, 2.45) is 0 Å². The van der Waals surface area contributed by atoms with Gasteiger partial charge in [-0.3, -0.25) is 0 Å². The highest BCUT2D eigenvalue weighted by molar-refractivity contribution is 5.68. The molecule has 6 heteroatoms. The summed E-state index contributed by atoms with van der Waals surface area (Å²) in [5.41, 5.74) is 6.37. The molecule has 0 aliphatic carbocycles. The van der Waals surface area contributed by atoms with Gasteiger partial charge in [-0.1, -0.05) is 5.16 Å². The van der Waals surface area contributed by atoms with E-state index in [2.05, 4.69) is 5.16 Å². The number of hydrogen-bond acceptors (Lipinski definition) is 6. The molecule has 114 valence electrons. The first-order valence-electron chi connectivity index (χ1n) is 6.98. The first kappa shape index (κ1) is 15.0. The molecule has 0 amide bonds. The van der Waals surface area contributed by atoms with Gasteiger partial charge < -0.3 is 24.5 Å². The van der Waals surface area contributed by atoms with Gasteiger partial charge in [0.2, 0.25) is 5.75 Å². The second-order valence-corrected chi connectivity index (χ2v) is 4.22. The van der Waals surface area contributed by atoms with Crippen LogP contribution in [0.1, 0.15) is 20.8 Å². The fourth-order valence-electron chi connectivity index (χ4n) is 1.96. The molecule has 2 N–H and O–H groups in total. The minimum absolute atomic E-state index is 0.329. The Hall–Kier alpha value is -2.37. The van der Waals surface area contributed by atoms with Crippen molar-refractivity contribution in [3.63, 3.8) is 0 Å². The van der Waals surface area contributed by atoms with Crippen molar-refractivity contribution >= 4 is 5.82 Å². The summed E-state index contributed by atoms with van der Waals surface area (Å²) in [5.74, 6) is 2.69. The molecule has 0 spiro atoms. The molecule has 0 saturated carbocycles. The third-order valence-corrected chi connectivity index (χ3v) is 2.72. The summed E-state index contributed by atoms with van der Waals surface area (Å²) < 4.78 is 22.1. The van der Waals surface area contributed by atoms with Crippen molar-refractivity contribution in [1.29, 1.82) is 0 Å². The van der Waals surface area contributed by atoms with Crippen LogP contribution in [0.2, 0.25) is 0 Å². The van der Waals surface area contributed by atoms with E-state index in [0.717, 1.165) is 5.56 Å². The van der Waals surface area contributed by atoms with Crippen LogP contribution < -0.4 is 19.9 Å². The number of nitrogen functional groups attached to an aromatic ring is 1. The van der Waals surface area contributed by atoms with Crippen molar-refractivity contribution in [1.82, 2.24) is 5.16 Å². The molecule has 6 nitrogen and oxygen atoms in total. The van der Waals surface area contributed by atoms with Crippen molar-refractivity contribution in [2.45, 2.75) is 20.8 Å². The lowest BCUT2D eigenvalue weighted by atomic mass is 10.1. The van der Waals surface area contributed by atoms with Crippen LogP contribution in [0, 0.1) is 0 Å². The second-order valence-electron chi connectivity index (χ2n) is 4.22. The molecule has 1 heterocycles. The van der Waals surface area contributed by atoms with Crippen LogP contribution in [0.5, 0.6) is 17.2 Å². The normalized spacial score (nSPS) is 10.4. The molecule has 21 heavy (non-hydrogen) atoms. The maximum Gasteiger partial charge on any atom is 0.203 e. The molecule has 1 aromatic carbocycles. The predicted octanol–water partition coefficient (Wildman–Crippen LogP) is 3.12. The monoisotopic (exact) mass is 292 g/mol. The molecule has 0 atom stereocenters. The van der Waals surface area contributed by atoms with Crippen LogP contribution in [-0.2, 0) is 0 Å². The summed E-state index contributed by atoms with van der Waals surface area (Å²) >= 11 is 0. The highest BCUT2D eigenvalue weighted by atomic mass is 16.5. The Morgan fingerprint density at radius 1 is 0.952 bits per heavy atom. The number of benzene rings is 1. The third kappa shape index (κ3) is 3.39. The third-order valence-electron chi connectivity index (χ3n) is 2.72. The predicted molar refractivity (Wildman–Crippen MR) is 79.9 cm³/mol. The van der Waals surface area contributed by atoms with Gasteiger partial charge in [-0.2, -0.15) is 0 Å². The Kier molecular flexibility index (Phi) is 4.92. The zero-order valence-corrected chi connectivity index (χ0v) is 12.5. The standard InChI is InChI=1S/C15H20N2O4/c1-4-18-12-7-10(11-9-14(16)17-21-11)8-13(19-5-2)15(12)20-6-3/h7-9H,4-6H2,1-3H3,(H2,16,17). The number of nitrogens with zero attached hydrogens (tertiary/aromatic N) is 1. The fraction of sp³-hybridized carbons (Fsp3) is 0.400. The van der Waals surface area contributed by atoms with Gasteiger partial charge in [0.15, 0.2) is 23.1 Å². The van der Waals surface area contributed by atoms with Gasteiger partial charge in [-0.25, -0.2) is 0 Å². The lowest BCUT2D eigenvalue weighted by molar-refractivity contribution is 0.261. The van der Waals surface area contributed by atoms with E-state index in [1.54, 1.807) is 6.07 Å². The molecule has 1 aromatic heterocycles. The SMILES string of the molecule is CCOc1cc(-c2cc(N)no2)cc(OCC)c1OCC. The van der Waals surface area contributed by atoms with Gasteiger partial charge in [0, 0.05) is 11.6 Å². The molecule has 0 unspecified atom stereocenters. The molecule has 0 saturated heterocycles. The van der Waals surface area contributed by atoms with Crippen LogP contribution in [0.4, 0.5) is 5.82 Å².